The molecule has 12 nitrogen and oxygen atoms in total. The van der Waals surface area contributed by atoms with Crippen LogP contribution in [0.2, 0.25) is 0 Å². The predicted molar refractivity (Wildman–Crippen MR) is 161 cm³/mol. The van der Waals surface area contributed by atoms with Gasteiger partial charge >= 0.3 is 0 Å². The van der Waals surface area contributed by atoms with E-state index in [1.807, 2.05) is 31.3 Å². The molecule has 216 valence electrons. The number of aryl methyl sites for hydroxylation is 1. The molecule has 0 aliphatic carbocycles. The van der Waals surface area contributed by atoms with Gasteiger partial charge in [0.2, 0.25) is 5.82 Å². The molecular weight excluding hydrogens is 532 g/mol. The van der Waals surface area contributed by atoms with Crippen LogP contribution >= 0.6 is 0 Å². The first-order valence-electron chi connectivity index (χ1n) is 13.9. The zero-order chi connectivity index (χ0) is 29.6. The quantitative estimate of drug-likeness (QED) is 0.285. The van der Waals surface area contributed by atoms with Crippen LogP contribution in [0.15, 0.2) is 48.7 Å². The highest BCUT2D eigenvalue weighted by Gasteiger charge is 2.22. The van der Waals surface area contributed by atoms with Crippen molar-refractivity contribution in [1.29, 1.82) is 0 Å². The molecular formula is C30H34N10O2. The number of carbonyl (C=O) groups excluding carboxylic acids is 1. The van der Waals surface area contributed by atoms with Gasteiger partial charge < -0.3 is 26.0 Å². The minimum absolute atomic E-state index is 0.140. The molecule has 3 aromatic heterocycles. The van der Waals surface area contributed by atoms with Crippen LogP contribution in [0.3, 0.4) is 0 Å². The number of carbonyl (C=O) groups is 1. The maximum Gasteiger partial charge on any atom is 0.272 e. The molecule has 1 unspecified atom stereocenters. The summed E-state index contributed by atoms with van der Waals surface area (Å²) in [7, 11) is 1.85. The van der Waals surface area contributed by atoms with E-state index in [9.17, 15) is 9.90 Å². The number of nitrogens with two attached hydrogens (primary N) is 1. The van der Waals surface area contributed by atoms with Crippen molar-refractivity contribution in [2.45, 2.75) is 26.2 Å². The molecule has 1 saturated heterocycles. The number of hydrogen-bond donors (Lipinski definition) is 3. The van der Waals surface area contributed by atoms with Crippen LogP contribution in [-0.2, 0) is 7.05 Å². The third-order valence-corrected chi connectivity index (χ3v) is 7.37. The molecule has 5 rings (SSSR count). The maximum atomic E-state index is 12.5. The van der Waals surface area contributed by atoms with E-state index in [0.29, 0.717) is 60.7 Å². The third kappa shape index (κ3) is 6.25. The molecule has 12 heteroatoms. The number of phenolic OH excluding ortho intramolecular Hbond substituents is 1. The van der Waals surface area contributed by atoms with Crippen molar-refractivity contribution in [2.24, 2.45) is 7.05 Å². The Balaban J connectivity index is 1.18. The molecule has 4 aromatic rings. The summed E-state index contributed by atoms with van der Waals surface area (Å²) in [5.74, 6) is 7.58. The van der Waals surface area contributed by atoms with Crippen molar-refractivity contribution in [1.82, 2.24) is 35.3 Å². The number of phenols is 1. The lowest BCUT2D eigenvalue weighted by Crippen LogP contribution is -2.47. The highest BCUT2D eigenvalue weighted by atomic mass is 16.3. The molecule has 1 aliphatic heterocycles. The fraction of sp³-hybridized carbons (Fsp3) is 0.333. The van der Waals surface area contributed by atoms with Gasteiger partial charge in [-0.25, -0.2) is 9.97 Å². The average molecular weight is 567 g/mol. The number of aromatic hydroxyl groups is 1. The molecule has 1 aliphatic rings. The largest absolute Gasteiger partial charge is 0.507 e. The molecule has 0 saturated carbocycles. The van der Waals surface area contributed by atoms with Gasteiger partial charge in [0.15, 0.2) is 5.82 Å². The minimum Gasteiger partial charge on any atom is -0.507 e. The first kappa shape index (κ1) is 28.4. The highest BCUT2D eigenvalue weighted by Crippen LogP contribution is 2.32. The number of nitrogens with zero attached hydrogens (tertiary/aromatic N) is 8. The summed E-state index contributed by atoms with van der Waals surface area (Å²) < 4.78 is 1.75. The van der Waals surface area contributed by atoms with Crippen LogP contribution in [0.1, 0.15) is 48.2 Å². The zero-order valence-corrected chi connectivity index (χ0v) is 23.9. The summed E-state index contributed by atoms with van der Waals surface area (Å²) >= 11 is 0. The Hall–Kier alpha value is -5.18. The van der Waals surface area contributed by atoms with Crippen LogP contribution in [-0.4, -0.2) is 73.7 Å². The average Bonchev–Trinajstić information content (AvgIpc) is 3.41. The standard InChI is InChI=1S/C30H34N10O2/c1-4-20(2)24-19-23(37-38(24)3)30(42)33-12-7-10-27-32-13-11-28(34-27)40-16-14-39(15-17-40)25-18-22(35-36-29(25)31)21-8-5-6-9-26(21)41/h5-6,8-9,11,13,18-20,41H,4,12,14-17H2,1-3H3,(H2,31,36)(H,33,42). The molecule has 4 N–H and O–H groups in total. The van der Waals surface area contributed by atoms with E-state index in [1.54, 1.807) is 29.1 Å². The van der Waals surface area contributed by atoms with E-state index < -0.39 is 0 Å². The first-order valence-corrected chi connectivity index (χ1v) is 13.9. The second-order valence-corrected chi connectivity index (χ2v) is 10.1. The van der Waals surface area contributed by atoms with Gasteiger partial charge in [-0.05, 0) is 48.6 Å². The second kappa shape index (κ2) is 12.6. The molecule has 0 bridgehead atoms. The van der Waals surface area contributed by atoms with Gasteiger partial charge in [0.05, 0.1) is 17.9 Å². The van der Waals surface area contributed by atoms with Gasteiger partial charge in [0.25, 0.3) is 5.91 Å². The molecule has 0 spiro atoms. The fourth-order valence-electron chi connectivity index (χ4n) is 4.83. The number of amides is 1. The smallest absolute Gasteiger partial charge is 0.272 e. The number of anilines is 3. The first-order chi connectivity index (χ1) is 20.3. The number of benzene rings is 1. The zero-order valence-electron chi connectivity index (χ0n) is 23.9. The lowest BCUT2D eigenvalue weighted by atomic mass is 10.1. The predicted octanol–water partition coefficient (Wildman–Crippen LogP) is 2.58. The topological polar surface area (TPSA) is 151 Å². The summed E-state index contributed by atoms with van der Waals surface area (Å²) in [4.78, 5) is 25.7. The SMILES string of the molecule is CCC(C)c1cc(C(=O)NCC#Cc2nccc(N3CCN(c4cc(-c5ccccc5O)nnc4N)CC3)n2)nn1C. The molecule has 0 radical (unpaired) electrons. The maximum absolute atomic E-state index is 12.5. The number of hydrogen-bond acceptors (Lipinski definition) is 10. The summed E-state index contributed by atoms with van der Waals surface area (Å²) in [5, 5.41) is 25.7. The summed E-state index contributed by atoms with van der Waals surface area (Å²) in [5.41, 5.74) is 9.53. The summed E-state index contributed by atoms with van der Waals surface area (Å²) in [6.07, 6.45) is 2.66. The van der Waals surface area contributed by atoms with Crippen LogP contribution < -0.4 is 20.9 Å². The number of nitrogen functional groups attached to an aromatic ring is 1. The Morgan fingerprint density at radius 3 is 2.64 bits per heavy atom. The number of rotatable bonds is 7. The fourth-order valence-corrected chi connectivity index (χ4v) is 4.83. The molecule has 42 heavy (non-hydrogen) atoms. The van der Waals surface area contributed by atoms with Crippen molar-refractivity contribution < 1.29 is 9.90 Å². The van der Waals surface area contributed by atoms with Crippen molar-refractivity contribution >= 4 is 23.2 Å². The van der Waals surface area contributed by atoms with Crippen LogP contribution in [0.25, 0.3) is 11.3 Å². The van der Waals surface area contributed by atoms with E-state index in [0.717, 1.165) is 23.6 Å². The Morgan fingerprint density at radius 2 is 1.88 bits per heavy atom. The minimum atomic E-state index is -0.264. The van der Waals surface area contributed by atoms with E-state index in [-0.39, 0.29) is 18.2 Å². The second-order valence-electron chi connectivity index (χ2n) is 10.1. The number of aromatic nitrogens is 6. The van der Waals surface area contributed by atoms with Gasteiger partial charge in [0, 0.05) is 50.7 Å². The van der Waals surface area contributed by atoms with Crippen LogP contribution in [0, 0.1) is 11.8 Å². The van der Waals surface area contributed by atoms with E-state index in [4.69, 9.17) is 5.73 Å². The van der Waals surface area contributed by atoms with Crippen LogP contribution in [0.4, 0.5) is 17.3 Å². The van der Waals surface area contributed by atoms with Gasteiger partial charge in [-0.2, -0.15) is 5.10 Å². The number of nitrogens with one attached hydrogen (secondary N) is 1. The Labute approximate surface area is 244 Å². The Bertz CT molecular complexity index is 1630. The van der Waals surface area contributed by atoms with E-state index in [1.165, 1.54) is 0 Å². The molecule has 1 fully saturated rings. The number of piperazine rings is 1. The number of para-hydroxylation sites is 1. The van der Waals surface area contributed by atoms with Gasteiger partial charge in [-0.15, -0.1) is 10.2 Å². The summed E-state index contributed by atoms with van der Waals surface area (Å²) in [6.45, 7) is 7.17. The van der Waals surface area contributed by atoms with Crippen molar-refractivity contribution in [3.8, 4) is 28.8 Å². The Morgan fingerprint density at radius 1 is 1.12 bits per heavy atom. The van der Waals surface area contributed by atoms with E-state index >= 15 is 0 Å². The lowest BCUT2D eigenvalue weighted by Gasteiger charge is -2.36. The van der Waals surface area contributed by atoms with Crippen molar-refractivity contribution in [2.75, 3.05) is 48.3 Å². The lowest BCUT2D eigenvalue weighted by molar-refractivity contribution is 0.0953. The molecule has 1 atom stereocenters. The molecule has 1 aromatic carbocycles. The molecule has 4 heterocycles. The normalized spacial score (nSPS) is 13.8. The van der Waals surface area contributed by atoms with Gasteiger partial charge in [0.1, 0.15) is 17.3 Å². The Kier molecular flexibility index (Phi) is 8.47. The van der Waals surface area contributed by atoms with Gasteiger partial charge in [-0.3, -0.25) is 9.48 Å². The monoisotopic (exact) mass is 566 g/mol. The van der Waals surface area contributed by atoms with Crippen molar-refractivity contribution in [3.05, 3.63) is 65.9 Å². The van der Waals surface area contributed by atoms with Gasteiger partial charge in [-0.1, -0.05) is 31.9 Å². The van der Waals surface area contributed by atoms with Crippen molar-refractivity contribution in [3.63, 3.8) is 0 Å². The summed E-state index contributed by atoms with van der Waals surface area (Å²) in [6, 6.07) is 12.6. The molecule has 1 amide bonds. The van der Waals surface area contributed by atoms with E-state index in [2.05, 4.69) is 66.1 Å². The third-order valence-electron chi connectivity index (χ3n) is 7.37. The van der Waals surface area contributed by atoms with Crippen LogP contribution in [0.5, 0.6) is 5.75 Å². The highest BCUT2D eigenvalue weighted by molar-refractivity contribution is 5.92.